The van der Waals surface area contributed by atoms with Crippen molar-refractivity contribution in [1.29, 1.82) is 0 Å². The Bertz CT molecular complexity index is 616. The van der Waals surface area contributed by atoms with Crippen molar-refractivity contribution in [2.45, 2.75) is 5.33 Å². The van der Waals surface area contributed by atoms with E-state index in [0.717, 1.165) is 21.1 Å². The Balaban J connectivity index is 2.20. The average Bonchev–Trinajstić information content (AvgIpc) is 2.38. The lowest BCUT2D eigenvalue weighted by Crippen LogP contribution is -2.12. The zero-order chi connectivity index (χ0) is 13.8. The number of benzene rings is 2. The van der Waals surface area contributed by atoms with E-state index in [1.54, 1.807) is 18.2 Å². The summed E-state index contributed by atoms with van der Waals surface area (Å²) in [6.45, 7) is 0. The molecule has 0 spiro atoms. The number of rotatable bonds is 3. The van der Waals surface area contributed by atoms with E-state index >= 15 is 0 Å². The summed E-state index contributed by atoms with van der Waals surface area (Å²) in [4.78, 5) is 12.1. The van der Waals surface area contributed by atoms with Crippen molar-refractivity contribution < 1.29 is 4.79 Å². The second-order valence-corrected chi connectivity index (χ2v) is 5.80. The van der Waals surface area contributed by atoms with E-state index in [-0.39, 0.29) is 5.91 Å². The molecule has 2 nitrogen and oxygen atoms in total. The molecule has 0 unspecified atom stereocenters. The lowest BCUT2D eigenvalue weighted by molar-refractivity contribution is 0.102. The fourth-order valence-electron chi connectivity index (χ4n) is 1.60. The van der Waals surface area contributed by atoms with Gasteiger partial charge in [0.05, 0.1) is 10.6 Å². The van der Waals surface area contributed by atoms with Gasteiger partial charge in [-0.05, 0) is 35.9 Å². The summed E-state index contributed by atoms with van der Waals surface area (Å²) in [5.41, 5.74) is 2.30. The minimum Gasteiger partial charge on any atom is -0.322 e. The molecule has 0 heterocycles. The van der Waals surface area contributed by atoms with Crippen LogP contribution in [0.25, 0.3) is 0 Å². The number of hydrogen-bond donors (Lipinski definition) is 1. The smallest absolute Gasteiger partial charge is 0.257 e. The Morgan fingerprint density at radius 2 is 2.00 bits per heavy atom. The van der Waals surface area contributed by atoms with Crippen LogP contribution in [0.3, 0.4) is 0 Å². The first kappa shape index (κ1) is 14.6. The van der Waals surface area contributed by atoms with Gasteiger partial charge in [0.15, 0.2) is 0 Å². The summed E-state index contributed by atoms with van der Waals surface area (Å²) >= 11 is 12.7. The third-order valence-electron chi connectivity index (χ3n) is 2.51. The Morgan fingerprint density at radius 1 is 1.21 bits per heavy atom. The van der Waals surface area contributed by atoms with Crippen LogP contribution in [-0.4, -0.2) is 5.91 Å². The van der Waals surface area contributed by atoms with Crippen LogP contribution in [0.15, 0.2) is 46.9 Å². The molecule has 19 heavy (non-hydrogen) atoms. The first-order valence-electron chi connectivity index (χ1n) is 5.51. The summed E-state index contributed by atoms with van der Waals surface area (Å²) in [5.74, 6) is -0.218. The van der Waals surface area contributed by atoms with Gasteiger partial charge in [0.1, 0.15) is 0 Å². The lowest BCUT2D eigenvalue weighted by Gasteiger charge is -2.08. The SMILES string of the molecule is O=C(Nc1cccc(CBr)c1)c1ccc(Br)cc1Cl. The molecule has 0 bridgehead atoms. The van der Waals surface area contributed by atoms with E-state index in [2.05, 4.69) is 37.2 Å². The van der Waals surface area contributed by atoms with Gasteiger partial charge in [-0.3, -0.25) is 4.79 Å². The van der Waals surface area contributed by atoms with Crippen LogP contribution in [0.4, 0.5) is 5.69 Å². The van der Waals surface area contributed by atoms with Crippen molar-refractivity contribution >= 4 is 55.1 Å². The van der Waals surface area contributed by atoms with Crippen molar-refractivity contribution in [2.75, 3.05) is 5.32 Å². The van der Waals surface area contributed by atoms with Crippen LogP contribution >= 0.6 is 43.5 Å². The molecule has 0 saturated carbocycles. The van der Waals surface area contributed by atoms with E-state index in [9.17, 15) is 4.79 Å². The quantitative estimate of drug-likeness (QED) is 0.697. The summed E-state index contributed by atoms with van der Waals surface area (Å²) in [7, 11) is 0. The van der Waals surface area contributed by atoms with Gasteiger partial charge in [0.25, 0.3) is 5.91 Å². The Kier molecular flexibility index (Phi) is 5.02. The zero-order valence-electron chi connectivity index (χ0n) is 9.79. The van der Waals surface area contributed by atoms with Crippen LogP contribution in [0.2, 0.25) is 5.02 Å². The van der Waals surface area contributed by atoms with E-state index < -0.39 is 0 Å². The van der Waals surface area contributed by atoms with Crippen molar-refractivity contribution in [3.63, 3.8) is 0 Å². The summed E-state index contributed by atoms with van der Waals surface area (Å²) in [5, 5.41) is 4.00. The van der Waals surface area contributed by atoms with Crippen molar-refractivity contribution in [3.8, 4) is 0 Å². The molecule has 0 aliphatic rings. The highest BCUT2D eigenvalue weighted by Gasteiger charge is 2.10. The van der Waals surface area contributed by atoms with Gasteiger partial charge >= 0.3 is 0 Å². The number of halogens is 3. The minimum atomic E-state index is -0.218. The standard InChI is InChI=1S/C14H10Br2ClNO/c15-8-9-2-1-3-11(6-9)18-14(19)12-5-4-10(16)7-13(12)17/h1-7H,8H2,(H,18,19). The molecule has 2 aromatic rings. The molecule has 1 amide bonds. The summed E-state index contributed by atoms with van der Waals surface area (Å²) in [6.07, 6.45) is 0. The van der Waals surface area contributed by atoms with Crippen LogP contribution in [0.1, 0.15) is 15.9 Å². The fraction of sp³-hybridized carbons (Fsp3) is 0.0714. The molecule has 0 fully saturated rings. The predicted molar refractivity (Wildman–Crippen MR) is 86.2 cm³/mol. The molecule has 0 saturated heterocycles. The van der Waals surface area contributed by atoms with Crippen molar-refractivity contribution in [2.24, 2.45) is 0 Å². The Hall–Kier alpha value is -0.840. The van der Waals surface area contributed by atoms with E-state index in [1.165, 1.54) is 0 Å². The third kappa shape index (κ3) is 3.81. The zero-order valence-corrected chi connectivity index (χ0v) is 13.7. The number of alkyl halides is 1. The van der Waals surface area contributed by atoms with Gasteiger partial charge in [-0.1, -0.05) is 55.6 Å². The average molecular weight is 404 g/mol. The number of nitrogens with one attached hydrogen (secondary N) is 1. The van der Waals surface area contributed by atoms with Crippen LogP contribution < -0.4 is 5.32 Å². The van der Waals surface area contributed by atoms with Crippen LogP contribution in [-0.2, 0) is 5.33 Å². The van der Waals surface area contributed by atoms with Gasteiger partial charge in [-0.25, -0.2) is 0 Å². The fourth-order valence-corrected chi connectivity index (χ4v) is 2.71. The number of carbonyl (C=O) groups excluding carboxylic acids is 1. The maximum absolute atomic E-state index is 12.1. The first-order chi connectivity index (χ1) is 9.10. The van der Waals surface area contributed by atoms with Crippen molar-refractivity contribution in [3.05, 3.63) is 63.1 Å². The predicted octanol–water partition coefficient (Wildman–Crippen LogP) is 5.25. The molecule has 0 aliphatic heterocycles. The number of carbonyl (C=O) groups is 1. The minimum absolute atomic E-state index is 0.218. The highest BCUT2D eigenvalue weighted by atomic mass is 79.9. The van der Waals surface area contributed by atoms with E-state index in [0.29, 0.717) is 10.6 Å². The number of amides is 1. The largest absolute Gasteiger partial charge is 0.322 e. The summed E-state index contributed by atoms with van der Waals surface area (Å²) < 4.78 is 0.843. The molecule has 5 heteroatoms. The molecular weight excluding hydrogens is 393 g/mol. The van der Waals surface area contributed by atoms with Crippen LogP contribution in [0, 0.1) is 0 Å². The third-order valence-corrected chi connectivity index (χ3v) is 3.97. The maximum atomic E-state index is 12.1. The van der Waals surface area contributed by atoms with E-state index in [1.807, 2.05) is 24.3 Å². The number of anilines is 1. The lowest BCUT2D eigenvalue weighted by atomic mass is 10.2. The topological polar surface area (TPSA) is 29.1 Å². The molecule has 98 valence electrons. The maximum Gasteiger partial charge on any atom is 0.257 e. The Morgan fingerprint density at radius 3 is 2.68 bits per heavy atom. The molecule has 2 rings (SSSR count). The second-order valence-electron chi connectivity index (χ2n) is 3.91. The van der Waals surface area contributed by atoms with Gasteiger partial charge in [-0.2, -0.15) is 0 Å². The second kappa shape index (κ2) is 6.55. The molecular formula is C14H10Br2ClNO. The molecule has 0 radical (unpaired) electrons. The monoisotopic (exact) mass is 401 g/mol. The van der Waals surface area contributed by atoms with Gasteiger partial charge in [-0.15, -0.1) is 0 Å². The number of hydrogen-bond acceptors (Lipinski definition) is 1. The molecule has 0 aliphatic carbocycles. The van der Waals surface area contributed by atoms with Gasteiger partial charge < -0.3 is 5.32 Å². The normalized spacial score (nSPS) is 10.3. The highest BCUT2D eigenvalue weighted by molar-refractivity contribution is 9.10. The van der Waals surface area contributed by atoms with Gasteiger partial charge in [0.2, 0.25) is 0 Å². The van der Waals surface area contributed by atoms with Gasteiger partial charge in [0, 0.05) is 15.5 Å². The molecule has 2 aromatic carbocycles. The first-order valence-corrected chi connectivity index (χ1v) is 7.80. The van der Waals surface area contributed by atoms with Crippen molar-refractivity contribution in [1.82, 2.24) is 0 Å². The Labute approximate surface area is 133 Å². The highest BCUT2D eigenvalue weighted by Crippen LogP contribution is 2.22. The molecule has 0 aromatic heterocycles. The summed E-state index contributed by atoms with van der Waals surface area (Å²) in [6, 6.07) is 12.8. The van der Waals surface area contributed by atoms with Crippen LogP contribution in [0.5, 0.6) is 0 Å². The molecule has 1 N–H and O–H groups in total. The van der Waals surface area contributed by atoms with E-state index in [4.69, 9.17) is 11.6 Å². The molecule has 0 atom stereocenters.